The number of ether oxygens (including phenoxy) is 1. The molecule has 0 aliphatic carbocycles. The van der Waals surface area contributed by atoms with Crippen LogP contribution in [-0.2, 0) is 17.9 Å². The Morgan fingerprint density at radius 2 is 2.33 bits per heavy atom. The van der Waals surface area contributed by atoms with Crippen molar-refractivity contribution in [3.63, 3.8) is 0 Å². The quantitative estimate of drug-likeness (QED) is 0.796. The van der Waals surface area contributed by atoms with E-state index in [0.29, 0.717) is 19.8 Å². The number of benzene rings is 1. The number of H-pyrrole nitrogens is 1. The third-order valence-corrected chi connectivity index (χ3v) is 2.27. The van der Waals surface area contributed by atoms with E-state index >= 15 is 0 Å². The van der Waals surface area contributed by atoms with Crippen LogP contribution in [0.1, 0.15) is 18.3 Å². The summed E-state index contributed by atoms with van der Waals surface area (Å²) in [5.41, 5.74) is 8.66. The van der Waals surface area contributed by atoms with Gasteiger partial charge in [-0.25, -0.2) is 4.98 Å². The van der Waals surface area contributed by atoms with Crippen LogP contribution in [0, 0.1) is 0 Å². The van der Waals surface area contributed by atoms with E-state index in [1.807, 2.05) is 25.1 Å². The van der Waals surface area contributed by atoms with E-state index in [0.717, 1.165) is 22.4 Å². The number of rotatable bonds is 4. The van der Waals surface area contributed by atoms with Crippen molar-refractivity contribution in [2.75, 3.05) is 6.61 Å². The Morgan fingerprint density at radius 3 is 3.07 bits per heavy atom. The number of fused-ring (bicyclic) bond motifs is 1. The third-order valence-electron chi connectivity index (χ3n) is 2.27. The van der Waals surface area contributed by atoms with Crippen LogP contribution in [0.5, 0.6) is 0 Å². The average Bonchev–Trinajstić information content (AvgIpc) is 2.67. The molecule has 2 rings (SSSR count). The summed E-state index contributed by atoms with van der Waals surface area (Å²) in [6.45, 7) is 3.75. The van der Waals surface area contributed by atoms with E-state index in [1.165, 1.54) is 0 Å². The van der Waals surface area contributed by atoms with Crippen molar-refractivity contribution >= 4 is 11.0 Å². The number of aromatic nitrogens is 2. The lowest BCUT2D eigenvalue weighted by Gasteiger charge is -1.95. The van der Waals surface area contributed by atoms with E-state index in [4.69, 9.17) is 10.5 Å². The molecule has 2 aromatic rings. The summed E-state index contributed by atoms with van der Waals surface area (Å²) in [5, 5.41) is 0. The second kappa shape index (κ2) is 4.42. The van der Waals surface area contributed by atoms with Gasteiger partial charge in [-0.15, -0.1) is 0 Å². The van der Waals surface area contributed by atoms with Crippen LogP contribution in [-0.4, -0.2) is 16.6 Å². The molecule has 0 aliphatic rings. The minimum atomic E-state index is 0.531. The Balaban J connectivity index is 2.29. The van der Waals surface area contributed by atoms with Crippen molar-refractivity contribution in [1.29, 1.82) is 0 Å². The molecule has 1 aromatic carbocycles. The van der Waals surface area contributed by atoms with Crippen LogP contribution < -0.4 is 5.73 Å². The Labute approximate surface area is 88.5 Å². The Hall–Kier alpha value is -1.39. The van der Waals surface area contributed by atoms with Gasteiger partial charge in [-0.3, -0.25) is 0 Å². The molecule has 0 saturated heterocycles. The van der Waals surface area contributed by atoms with Gasteiger partial charge in [-0.2, -0.15) is 0 Å². The summed E-state index contributed by atoms with van der Waals surface area (Å²) in [6.07, 6.45) is 0. The lowest BCUT2D eigenvalue weighted by molar-refractivity contribution is 0.129. The van der Waals surface area contributed by atoms with Crippen LogP contribution in [0.15, 0.2) is 18.2 Å². The highest BCUT2D eigenvalue weighted by molar-refractivity contribution is 5.75. The highest BCUT2D eigenvalue weighted by atomic mass is 16.5. The van der Waals surface area contributed by atoms with Crippen molar-refractivity contribution < 1.29 is 4.74 Å². The van der Waals surface area contributed by atoms with E-state index < -0.39 is 0 Å². The molecule has 4 heteroatoms. The normalized spacial score (nSPS) is 11.1. The zero-order valence-electron chi connectivity index (χ0n) is 8.79. The second-order valence-corrected chi connectivity index (χ2v) is 3.38. The fraction of sp³-hybridized carbons (Fsp3) is 0.364. The summed E-state index contributed by atoms with van der Waals surface area (Å²) in [5.74, 6) is 0.862. The van der Waals surface area contributed by atoms with Gasteiger partial charge >= 0.3 is 0 Å². The van der Waals surface area contributed by atoms with Gasteiger partial charge in [0, 0.05) is 13.2 Å². The van der Waals surface area contributed by atoms with Gasteiger partial charge in [0.05, 0.1) is 11.0 Å². The summed E-state index contributed by atoms with van der Waals surface area (Å²) >= 11 is 0. The molecule has 0 aliphatic heterocycles. The molecule has 3 N–H and O–H groups in total. The maximum Gasteiger partial charge on any atom is 0.133 e. The maximum atomic E-state index is 5.57. The number of nitrogens with zero attached hydrogens (tertiary/aromatic N) is 1. The molecule has 1 aromatic heterocycles. The molecule has 0 amide bonds. The SMILES string of the molecule is CCOCc1nc2ccc(CN)cc2[nH]1. The van der Waals surface area contributed by atoms with Gasteiger partial charge in [-0.1, -0.05) is 6.07 Å². The summed E-state index contributed by atoms with van der Waals surface area (Å²) in [6, 6.07) is 5.99. The maximum absolute atomic E-state index is 5.57. The van der Waals surface area contributed by atoms with Crippen LogP contribution >= 0.6 is 0 Å². The Kier molecular flexibility index (Phi) is 2.99. The molecule has 15 heavy (non-hydrogen) atoms. The summed E-state index contributed by atoms with van der Waals surface area (Å²) < 4.78 is 5.29. The number of imidazole rings is 1. The third kappa shape index (κ3) is 2.16. The predicted molar refractivity (Wildman–Crippen MR) is 59.3 cm³/mol. The zero-order valence-corrected chi connectivity index (χ0v) is 8.79. The van der Waals surface area contributed by atoms with Crippen molar-refractivity contribution in [1.82, 2.24) is 9.97 Å². The number of nitrogens with one attached hydrogen (secondary N) is 1. The highest BCUT2D eigenvalue weighted by Crippen LogP contribution is 2.13. The second-order valence-electron chi connectivity index (χ2n) is 3.38. The molecular formula is C11H15N3O. The fourth-order valence-electron chi connectivity index (χ4n) is 1.50. The van der Waals surface area contributed by atoms with E-state index in [2.05, 4.69) is 9.97 Å². The van der Waals surface area contributed by atoms with Gasteiger partial charge < -0.3 is 15.5 Å². The number of nitrogens with two attached hydrogens (primary N) is 1. The first-order valence-corrected chi connectivity index (χ1v) is 5.09. The highest BCUT2D eigenvalue weighted by Gasteiger charge is 2.02. The van der Waals surface area contributed by atoms with Gasteiger partial charge in [0.1, 0.15) is 12.4 Å². The molecule has 0 saturated carbocycles. The molecule has 0 radical (unpaired) electrons. The molecule has 0 bridgehead atoms. The smallest absolute Gasteiger partial charge is 0.133 e. The van der Waals surface area contributed by atoms with Crippen LogP contribution in [0.25, 0.3) is 11.0 Å². The van der Waals surface area contributed by atoms with Gasteiger partial charge in [0.15, 0.2) is 0 Å². The lowest BCUT2D eigenvalue weighted by Crippen LogP contribution is -1.95. The molecule has 0 atom stereocenters. The minimum Gasteiger partial charge on any atom is -0.374 e. The van der Waals surface area contributed by atoms with E-state index in [1.54, 1.807) is 0 Å². The van der Waals surface area contributed by atoms with Crippen molar-refractivity contribution in [2.24, 2.45) is 5.73 Å². The van der Waals surface area contributed by atoms with Gasteiger partial charge in [0.25, 0.3) is 0 Å². The largest absolute Gasteiger partial charge is 0.374 e. The van der Waals surface area contributed by atoms with Crippen molar-refractivity contribution in [3.8, 4) is 0 Å². The Morgan fingerprint density at radius 1 is 1.47 bits per heavy atom. The van der Waals surface area contributed by atoms with Gasteiger partial charge in [0.2, 0.25) is 0 Å². The molecule has 0 spiro atoms. The zero-order chi connectivity index (χ0) is 10.7. The molecule has 4 nitrogen and oxygen atoms in total. The van der Waals surface area contributed by atoms with Crippen molar-refractivity contribution in [2.45, 2.75) is 20.1 Å². The van der Waals surface area contributed by atoms with Crippen LogP contribution in [0.3, 0.4) is 0 Å². The molecule has 0 fully saturated rings. The standard InChI is InChI=1S/C11H15N3O/c1-2-15-7-11-13-9-4-3-8(6-12)5-10(9)14-11/h3-5H,2,6-7,12H2,1H3,(H,13,14). The fourth-order valence-corrected chi connectivity index (χ4v) is 1.50. The minimum absolute atomic E-state index is 0.531. The topological polar surface area (TPSA) is 63.9 Å². The monoisotopic (exact) mass is 205 g/mol. The average molecular weight is 205 g/mol. The molecule has 80 valence electrons. The molecular weight excluding hydrogens is 190 g/mol. The first kappa shape index (κ1) is 10.1. The molecule has 0 unspecified atom stereocenters. The van der Waals surface area contributed by atoms with E-state index in [9.17, 15) is 0 Å². The van der Waals surface area contributed by atoms with E-state index in [-0.39, 0.29) is 0 Å². The van der Waals surface area contributed by atoms with Crippen molar-refractivity contribution in [3.05, 3.63) is 29.6 Å². The predicted octanol–water partition coefficient (Wildman–Crippen LogP) is 1.56. The van der Waals surface area contributed by atoms with Crippen LogP contribution in [0.2, 0.25) is 0 Å². The van der Waals surface area contributed by atoms with Gasteiger partial charge in [-0.05, 0) is 24.6 Å². The Bertz CT molecular complexity index is 450. The number of hydrogen-bond donors (Lipinski definition) is 2. The summed E-state index contributed by atoms with van der Waals surface area (Å²) in [7, 11) is 0. The summed E-state index contributed by atoms with van der Waals surface area (Å²) in [4.78, 5) is 7.62. The van der Waals surface area contributed by atoms with Crippen LogP contribution in [0.4, 0.5) is 0 Å². The number of aromatic amines is 1. The lowest BCUT2D eigenvalue weighted by atomic mass is 10.2. The first-order valence-electron chi connectivity index (χ1n) is 5.09. The molecule has 1 heterocycles. The first-order chi connectivity index (χ1) is 7.33. The number of hydrogen-bond acceptors (Lipinski definition) is 3.